The van der Waals surface area contributed by atoms with E-state index in [1.807, 2.05) is 0 Å². The highest BCUT2D eigenvalue weighted by atomic mass is 19.4. The number of primary amides is 1. The van der Waals surface area contributed by atoms with Crippen LogP contribution in [0.2, 0.25) is 0 Å². The molecule has 148 valence electrons. The Labute approximate surface area is 158 Å². The highest BCUT2D eigenvalue weighted by molar-refractivity contribution is 5.98. The minimum absolute atomic E-state index is 0.160. The van der Waals surface area contributed by atoms with Crippen molar-refractivity contribution in [2.75, 3.05) is 13.7 Å². The summed E-state index contributed by atoms with van der Waals surface area (Å²) in [5, 5.41) is 0.739. The maximum atomic E-state index is 12.6. The van der Waals surface area contributed by atoms with E-state index >= 15 is 0 Å². The molecular formula is C19H18F3N3O3. The minimum Gasteiger partial charge on any atom is -0.497 e. The molecule has 2 heterocycles. The fraction of sp³-hybridized carbons (Fsp3) is 0.263. The van der Waals surface area contributed by atoms with Gasteiger partial charge in [0.05, 0.1) is 18.7 Å². The molecule has 1 atom stereocenters. The lowest BCUT2D eigenvalue weighted by Crippen LogP contribution is -2.22. The smallest absolute Gasteiger partial charge is 0.422 e. The quantitative estimate of drug-likeness (QED) is 0.693. The van der Waals surface area contributed by atoms with Gasteiger partial charge in [-0.2, -0.15) is 13.2 Å². The molecule has 0 bridgehead atoms. The van der Waals surface area contributed by atoms with Crippen molar-refractivity contribution in [2.45, 2.75) is 19.1 Å². The molecule has 0 aliphatic heterocycles. The number of ether oxygens (including phenoxy) is 2. The first-order valence-corrected chi connectivity index (χ1v) is 8.34. The molecule has 0 unspecified atom stereocenters. The van der Waals surface area contributed by atoms with Crippen LogP contribution < -0.4 is 15.2 Å². The molecule has 0 saturated heterocycles. The normalized spacial score (nSPS) is 12.8. The average molecular weight is 393 g/mol. The summed E-state index contributed by atoms with van der Waals surface area (Å²) in [6.45, 7) is 0.259. The SMILES string of the molecule is COc1ccc2cc(C(N)=O)n([C@H](C)c3cccnc3OCC(F)(F)F)c2c1. The third kappa shape index (κ3) is 3.88. The van der Waals surface area contributed by atoms with Gasteiger partial charge in [-0.05, 0) is 31.2 Å². The summed E-state index contributed by atoms with van der Waals surface area (Å²) in [4.78, 5) is 15.9. The third-order valence-electron chi connectivity index (χ3n) is 4.31. The van der Waals surface area contributed by atoms with E-state index in [2.05, 4.69) is 4.98 Å². The predicted octanol–water partition coefficient (Wildman–Crippen LogP) is 3.69. The van der Waals surface area contributed by atoms with Crippen molar-refractivity contribution in [3.8, 4) is 11.6 Å². The lowest BCUT2D eigenvalue weighted by Gasteiger charge is -2.21. The van der Waals surface area contributed by atoms with Gasteiger partial charge in [-0.15, -0.1) is 0 Å². The Morgan fingerprint density at radius 1 is 1.29 bits per heavy atom. The number of carbonyl (C=O) groups excluding carboxylic acids is 1. The maximum absolute atomic E-state index is 12.6. The number of carbonyl (C=O) groups is 1. The van der Waals surface area contributed by atoms with E-state index in [1.165, 1.54) is 13.3 Å². The number of pyridine rings is 1. The van der Waals surface area contributed by atoms with Gasteiger partial charge in [-0.1, -0.05) is 6.07 Å². The second-order valence-corrected chi connectivity index (χ2v) is 6.17. The monoisotopic (exact) mass is 393 g/mol. The van der Waals surface area contributed by atoms with E-state index < -0.39 is 24.7 Å². The van der Waals surface area contributed by atoms with Crippen molar-refractivity contribution in [3.63, 3.8) is 0 Å². The molecular weight excluding hydrogens is 375 g/mol. The number of methoxy groups -OCH3 is 1. The highest BCUT2D eigenvalue weighted by Gasteiger charge is 2.30. The number of amides is 1. The van der Waals surface area contributed by atoms with Crippen molar-refractivity contribution < 1.29 is 27.4 Å². The molecule has 0 aliphatic rings. The Bertz CT molecular complexity index is 1010. The maximum Gasteiger partial charge on any atom is 0.422 e. The number of nitrogens with zero attached hydrogens (tertiary/aromatic N) is 2. The zero-order chi connectivity index (χ0) is 20.5. The first-order valence-electron chi connectivity index (χ1n) is 8.34. The summed E-state index contributed by atoms with van der Waals surface area (Å²) in [6, 6.07) is 9.47. The second-order valence-electron chi connectivity index (χ2n) is 6.17. The molecule has 28 heavy (non-hydrogen) atoms. The molecule has 3 rings (SSSR count). The Hall–Kier alpha value is -3.23. The zero-order valence-corrected chi connectivity index (χ0v) is 15.2. The van der Waals surface area contributed by atoms with Crippen LogP contribution in [0.25, 0.3) is 10.9 Å². The molecule has 0 radical (unpaired) electrons. The Balaban J connectivity index is 2.12. The molecule has 0 aliphatic carbocycles. The Morgan fingerprint density at radius 2 is 2.04 bits per heavy atom. The van der Waals surface area contributed by atoms with Gasteiger partial charge in [0.2, 0.25) is 5.88 Å². The zero-order valence-electron chi connectivity index (χ0n) is 15.2. The van der Waals surface area contributed by atoms with Crippen LogP contribution >= 0.6 is 0 Å². The predicted molar refractivity (Wildman–Crippen MR) is 96.6 cm³/mol. The number of hydrogen-bond donors (Lipinski definition) is 1. The van der Waals surface area contributed by atoms with Gasteiger partial charge in [0, 0.05) is 23.2 Å². The van der Waals surface area contributed by atoms with E-state index in [-0.39, 0.29) is 11.6 Å². The van der Waals surface area contributed by atoms with E-state index in [9.17, 15) is 18.0 Å². The molecule has 6 nitrogen and oxygen atoms in total. The second kappa shape index (κ2) is 7.41. The van der Waals surface area contributed by atoms with Crippen molar-refractivity contribution in [1.29, 1.82) is 0 Å². The Morgan fingerprint density at radius 3 is 2.68 bits per heavy atom. The molecule has 1 aromatic carbocycles. The number of rotatable bonds is 6. The first kappa shape index (κ1) is 19.5. The minimum atomic E-state index is -4.50. The van der Waals surface area contributed by atoms with Crippen LogP contribution in [0, 0.1) is 0 Å². The van der Waals surface area contributed by atoms with Gasteiger partial charge >= 0.3 is 6.18 Å². The number of nitrogens with two attached hydrogens (primary N) is 1. The standard InChI is InChI=1S/C19H18F3N3O3/c1-11(14-4-3-7-24-18(14)28-10-19(20,21)22)25-15-9-13(27-2)6-5-12(15)8-16(25)17(23)26/h3-9,11H,10H2,1-2H3,(H2,23,26)/t11-/m1/s1. The number of benzene rings is 1. The summed E-state index contributed by atoms with van der Waals surface area (Å²) in [5.41, 5.74) is 6.77. The number of hydrogen-bond acceptors (Lipinski definition) is 4. The first-order chi connectivity index (χ1) is 13.2. The Kier molecular flexibility index (Phi) is 5.17. The summed E-state index contributed by atoms with van der Waals surface area (Å²) in [7, 11) is 1.51. The molecule has 0 saturated carbocycles. The number of alkyl halides is 3. The molecule has 2 aromatic heterocycles. The van der Waals surface area contributed by atoms with Gasteiger partial charge in [0.1, 0.15) is 11.4 Å². The van der Waals surface area contributed by atoms with Gasteiger partial charge in [0.15, 0.2) is 6.61 Å². The van der Waals surface area contributed by atoms with E-state index in [4.69, 9.17) is 15.2 Å². The van der Waals surface area contributed by atoms with Crippen LogP contribution in [-0.4, -0.2) is 35.4 Å². The lowest BCUT2D eigenvalue weighted by atomic mass is 10.1. The summed E-state index contributed by atoms with van der Waals surface area (Å²) >= 11 is 0. The fourth-order valence-corrected chi connectivity index (χ4v) is 3.07. The van der Waals surface area contributed by atoms with Crippen molar-refractivity contribution in [2.24, 2.45) is 5.73 Å². The molecule has 1 amide bonds. The van der Waals surface area contributed by atoms with Crippen molar-refractivity contribution >= 4 is 16.8 Å². The van der Waals surface area contributed by atoms with Crippen LogP contribution in [0.3, 0.4) is 0 Å². The number of fused-ring (bicyclic) bond motifs is 1. The van der Waals surface area contributed by atoms with Gasteiger partial charge in [0.25, 0.3) is 5.91 Å². The number of halogens is 3. The van der Waals surface area contributed by atoms with E-state index in [1.54, 1.807) is 47.9 Å². The lowest BCUT2D eigenvalue weighted by molar-refractivity contribution is -0.154. The summed E-state index contributed by atoms with van der Waals surface area (Å²) in [5.74, 6) is -0.258. The van der Waals surface area contributed by atoms with Crippen LogP contribution in [0.5, 0.6) is 11.6 Å². The van der Waals surface area contributed by atoms with Crippen LogP contribution in [0.4, 0.5) is 13.2 Å². The third-order valence-corrected chi connectivity index (χ3v) is 4.31. The molecule has 3 aromatic rings. The largest absolute Gasteiger partial charge is 0.497 e. The summed E-state index contributed by atoms with van der Waals surface area (Å²) in [6.07, 6.45) is -3.16. The van der Waals surface area contributed by atoms with E-state index in [0.717, 1.165) is 5.39 Å². The van der Waals surface area contributed by atoms with Gasteiger partial charge in [-0.25, -0.2) is 4.98 Å². The van der Waals surface area contributed by atoms with Crippen LogP contribution in [0.1, 0.15) is 29.0 Å². The number of aromatic nitrogens is 2. The molecule has 0 spiro atoms. The summed E-state index contributed by atoms with van der Waals surface area (Å²) < 4.78 is 49.5. The van der Waals surface area contributed by atoms with Crippen molar-refractivity contribution in [1.82, 2.24) is 9.55 Å². The van der Waals surface area contributed by atoms with Gasteiger partial charge in [-0.3, -0.25) is 4.79 Å². The van der Waals surface area contributed by atoms with Crippen LogP contribution in [-0.2, 0) is 0 Å². The molecule has 2 N–H and O–H groups in total. The molecule has 9 heteroatoms. The van der Waals surface area contributed by atoms with Crippen molar-refractivity contribution in [3.05, 3.63) is 53.9 Å². The average Bonchev–Trinajstić information content (AvgIpc) is 3.04. The van der Waals surface area contributed by atoms with Crippen LogP contribution in [0.15, 0.2) is 42.6 Å². The van der Waals surface area contributed by atoms with Gasteiger partial charge < -0.3 is 19.8 Å². The molecule has 0 fully saturated rings. The topological polar surface area (TPSA) is 79.4 Å². The van der Waals surface area contributed by atoms with E-state index in [0.29, 0.717) is 16.8 Å². The fourth-order valence-electron chi connectivity index (χ4n) is 3.07. The highest BCUT2D eigenvalue weighted by Crippen LogP contribution is 2.33.